The molecule has 0 aliphatic heterocycles. The van der Waals surface area contributed by atoms with Crippen LogP contribution in [0.15, 0.2) is 27.4 Å². The maximum Gasteiger partial charge on any atom is 0.163 e. The summed E-state index contributed by atoms with van der Waals surface area (Å²) in [6.45, 7) is 4.93. The molecule has 2 aromatic heterocycles. The molecule has 0 saturated carbocycles. The van der Waals surface area contributed by atoms with Crippen LogP contribution in [0.4, 0.5) is 5.82 Å². The second-order valence-electron chi connectivity index (χ2n) is 3.93. The van der Waals surface area contributed by atoms with E-state index in [0.29, 0.717) is 5.82 Å². The molecule has 0 aromatic carbocycles. The summed E-state index contributed by atoms with van der Waals surface area (Å²) in [5.74, 6) is 1.51. The molecular weight excluding hydrogens is 372 g/mol. The number of hydrogen-bond acceptors (Lipinski definition) is 4. The Morgan fingerprint density at radius 1 is 1.16 bits per heavy atom. The van der Waals surface area contributed by atoms with Crippen LogP contribution in [0.25, 0.3) is 11.4 Å². The Bertz CT molecular complexity index is 587. The largest absolute Gasteiger partial charge is 0.369 e. The van der Waals surface area contributed by atoms with Crippen molar-refractivity contribution >= 4 is 37.7 Å². The van der Waals surface area contributed by atoms with Gasteiger partial charge in [0.15, 0.2) is 5.82 Å². The Kier molecular flexibility index (Phi) is 4.87. The fourth-order valence-electron chi connectivity index (χ4n) is 1.68. The van der Waals surface area contributed by atoms with Crippen molar-refractivity contribution in [3.05, 3.63) is 33.1 Å². The third-order valence-corrected chi connectivity index (χ3v) is 3.83. The molecular formula is C13H14Br2N4. The highest BCUT2D eigenvalue weighted by Crippen LogP contribution is 2.28. The molecule has 6 heteroatoms. The molecule has 2 heterocycles. The van der Waals surface area contributed by atoms with Gasteiger partial charge in [0, 0.05) is 29.0 Å². The van der Waals surface area contributed by atoms with Crippen molar-refractivity contribution in [2.75, 3.05) is 11.9 Å². The maximum atomic E-state index is 4.59. The zero-order valence-corrected chi connectivity index (χ0v) is 13.9. The molecule has 0 unspecified atom stereocenters. The van der Waals surface area contributed by atoms with Crippen LogP contribution in [0.3, 0.4) is 0 Å². The lowest BCUT2D eigenvalue weighted by Gasteiger charge is -2.11. The average Bonchev–Trinajstić information content (AvgIpc) is 2.41. The Balaban J connectivity index is 2.54. The molecule has 0 aliphatic carbocycles. The fourth-order valence-corrected chi connectivity index (χ4v) is 2.64. The minimum atomic E-state index is 0.685. The van der Waals surface area contributed by atoms with Crippen LogP contribution in [-0.4, -0.2) is 21.5 Å². The topological polar surface area (TPSA) is 50.7 Å². The molecule has 0 spiro atoms. The van der Waals surface area contributed by atoms with Crippen molar-refractivity contribution < 1.29 is 0 Å². The summed E-state index contributed by atoms with van der Waals surface area (Å²) in [6.07, 6.45) is 4.35. The van der Waals surface area contributed by atoms with E-state index < -0.39 is 0 Å². The van der Waals surface area contributed by atoms with Gasteiger partial charge in [0.25, 0.3) is 0 Å². The number of pyridine rings is 1. The molecule has 0 radical (unpaired) electrons. The number of nitrogens with zero attached hydrogens (tertiary/aromatic N) is 3. The summed E-state index contributed by atoms with van der Waals surface area (Å²) in [5.41, 5.74) is 1.89. The van der Waals surface area contributed by atoms with Gasteiger partial charge in [0.05, 0.1) is 10.2 Å². The second-order valence-corrected chi connectivity index (χ2v) is 5.64. The van der Waals surface area contributed by atoms with Gasteiger partial charge in [-0.3, -0.25) is 4.98 Å². The lowest BCUT2D eigenvalue weighted by Crippen LogP contribution is -2.06. The van der Waals surface area contributed by atoms with Gasteiger partial charge >= 0.3 is 0 Å². The molecule has 2 rings (SSSR count). The Hall–Kier alpha value is -1.01. The molecule has 1 N–H and O–H groups in total. The monoisotopic (exact) mass is 384 g/mol. The molecule has 0 atom stereocenters. The molecule has 0 saturated heterocycles. The zero-order chi connectivity index (χ0) is 13.8. The quantitative estimate of drug-likeness (QED) is 0.862. The highest BCUT2D eigenvalue weighted by molar-refractivity contribution is 9.11. The van der Waals surface area contributed by atoms with E-state index in [2.05, 4.69) is 59.1 Å². The standard InChI is InChI=1S/C13H14Br2N4/c1-3-10-11(15)13(17-4-2)19-12(18-10)8-5-9(14)7-16-6-8/h5-7H,3-4H2,1-2H3,(H,17,18,19). The van der Waals surface area contributed by atoms with Crippen molar-refractivity contribution in [2.24, 2.45) is 0 Å². The summed E-state index contributed by atoms with van der Waals surface area (Å²) in [4.78, 5) is 13.3. The molecule has 2 aromatic rings. The first-order valence-electron chi connectivity index (χ1n) is 6.06. The first-order valence-corrected chi connectivity index (χ1v) is 7.65. The third kappa shape index (κ3) is 3.30. The number of hydrogen-bond donors (Lipinski definition) is 1. The minimum Gasteiger partial charge on any atom is -0.369 e. The second kappa shape index (κ2) is 6.43. The van der Waals surface area contributed by atoms with Crippen molar-refractivity contribution in [3.8, 4) is 11.4 Å². The number of halogens is 2. The Morgan fingerprint density at radius 2 is 1.95 bits per heavy atom. The first kappa shape index (κ1) is 14.4. The molecule has 0 fully saturated rings. The van der Waals surface area contributed by atoms with E-state index in [1.807, 2.05) is 13.0 Å². The first-order chi connectivity index (χ1) is 9.15. The number of aromatic nitrogens is 3. The number of nitrogens with one attached hydrogen (secondary N) is 1. The van der Waals surface area contributed by atoms with Crippen LogP contribution >= 0.6 is 31.9 Å². The highest BCUT2D eigenvalue weighted by Gasteiger charge is 2.12. The van der Waals surface area contributed by atoms with E-state index in [4.69, 9.17) is 0 Å². The van der Waals surface area contributed by atoms with Gasteiger partial charge in [-0.25, -0.2) is 9.97 Å². The maximum absolute atomic E-state index is 4.59. The zero-order valence-electron chi connectivity index (χ0n) is 10.7. The van der Waals surface area contributed by atoms with Gasteiger partial charge in [-0.2, -0.15) is 0 Å². The van der Waals surface area contributed by atoms with Gasteiger partial charge < -0.3 is 5.32 Å². The van der Waals surface area contributed by atoms with E-state index in [0.717, 1.165) is 39.0 Å². The normalized spacial score (nSPS) is 10.5. The summed E-state index contributed by atoms with van der Waals surface area (Å²) in [6, 6.07) is 1.96. The molecule has 0 bridgehead atoms. The van der Waals surface area contributed by atoms with E-state index in [1.165, 1.54) is 0 Å². The summed E-state index contributed by atoms with van der Waals surface area (Å²) in [5, 5.41) is 3.25. The summed E-state index contributed by atoms with van der Waals surface area (Å²) < 4.78 is 1.85. The van der Waals surface area contributed by atoms with E-state index in [1.54, 1.807) is 12.4 Å². The molecule has 4 nitrogen and oxygen atoms in total. The lowest BCUT2D eigenvalue weighted by atomic mass is 10.2. The molecule has 19 heavy (non-hydrogen) atoms. The van der Waals surface area contributed by atoms with E-state index >= 15 is 0 Å². The van der Waals surface area contributed by atoms with Crippen molar-refractivity contribution in [3.63, 3.8) is 0 Å². The van der Waals surface area contributed by atoms with E-state index in [-0.39, 0.29) is 0 Å². The molecule has 0 aliphatic rings. The van der Waals surface area contributed by atoms with E-state index in [9.17, 15) is 0 Å². The molecule has 100 valence electrons. The SMILES string of the molecule is CCNc1nc(-c2cncc(Br)c2)nc(CC)c1Br. The number of aryl methyl sites for hydroxylation is 1. The van der Waals surface area contributed by atoms with Gasteiger partial charge in [-0.1, -0.05) is 6.92 Å². The average molecular weight is 386 g/mol. The lowest BCUT2D eigenvalue weighted by molar-refractivity contribution is 0.982. The van der Waals surface area contributed by atoms with Crippen LogP contribution in [0.5, 0.6) is 0 Å². The van der Waals surface area contributed by atoms with Crippen molar-refractivity contribution in [1.82, 2.24) is 15.0 Å². The van der Waals surface area contributed by atoms with Gasteiger partial charge in [0.2, 0.25) is 0 Å². The third-order valence-electron chi connectivity index (χ3n) is 2.56. The van der Waals surface area contributed by atoms with Crippen LogP contribution < -0.4 is 5.32 Å². The number of anilines is 1. The fraction of sp³-hybridized carbons (Fsp3) is 0.308. The van der Waals surface area contributed by atoms with Gasteiger partial charge in [0.1, 0.15) is 5.82 Å². The van der Waals surface area contributed by atoms with Crippen LogP contribution in [0, 0.1) is 0 Å². The van der Waals surface area contributed by atoms with Crippen LogP contribution in [0.2, 0.25) is 0 Å². The van der Waals surface area contributed by atoms with Crippen molar-refractivity contribution in [2.45, 2.75) is 20.3 Å². The van der Waals surface area contributed by atoms with Crippen LogP contribution in [0.1, 0.15) is 19.5 Å². The smallest absolute Gasteiger partial charge is 0.163 e. The van der Waals surface area contributed by atoms with Gasteiger partial charge in [-0.15, -0.1) is 0 Å². The summed E-state index contributed by atoms with van der Waals surface area (Å²) in [7, 11) is 0. The van der Waals surface area contributed by atoms with Crippen molar-refractivity contribution in [1.29, 1.82) is 0 Å². The summed E-state index contributed by atoms with van der Waals surface area (Å²) >= 11 is 6.97. The Labute approximate surface area is 129 Å². The molecule has 0 amide bonds. The predicted octanol–water partition coefficient (Wildman–Crippen LogP) is 4.06. The van der Waals surface area contributed by atoms with Gasteiger partial charge in [-0.05, 0) is 51.3 Å². The number of rotatable bonds is 4. The van der Waals surface area contributed by atoms with Crippen LogP contribution in [-0.2, 0) is 6.42 Å². The predicted molar refractivity (Wildman–Crippen MR) is 84.2 cm³/mol. The minimum absolute atomic E-state index is 0.685. The highest BCUT2D eigenvalue weighted by atomic mass is 79.9. The Morgan fingerprint density at radius 3 is 2.58 bits per heavy atom.